The monoisotopic (exact) mass is 297 g/mol. The third-order valence-electron chi connectivity index (χ3n) is 3.33. The number of carbonyl (C=O) groups excluding carboxylic acids is 2. The molecule has 2 amide bonds. The zero-order chi connectivity index (χ0) is 15.7. The first-order valence-electron chi connectivity index (χ1n) is 6.52. The number of nitrogens with zero attached hydrogens (tertiary/aromatic N) is 1. The molecule has 0 radical (unpaired) electrons. The van der Waals surface area contributed by atoms with Gasteiger partial charge in [0.2, 0.25) is 5.91 Å². The molecule has 0 saturated carbocycles. The molecule has 2 N–H and O–H groups in total. The van der Waals surface area contributed by atoms with Gasteiger partial charge >= 0.3 is 0 Å². The van der Waals surface area contributed by atoms with Gasteiger partial charge in [-0.05, 0) is 29.8 Å². The van der Waals surface area contributed by atoms with Crippen LogP contribution < -0.4 is 10.6 Å². The Hall–Kier alpha value is -3.22. The van der Waals surface area contributed by atoms with Gasteiger partial charge in [0.05, 0.1) is 11.3 Å². The molecular weight excluding hydrogens is 286 g/mol. The topological polar surface area (TPSA) is 101 Å². The van der Waals surface area contributed by atoms with Crippen molar-refractivity contribution in [2.24, 2.45) is 0 Å². The third-order valence-corrected chi connectivity index (χ3v) is 3.33. The maximum Gasteiger partial charge on any atom is 0.282 e. The first kappa shape index (κ1) is 13.7. The van der Waals surface area contributed by atoms with E-state index in [2.05, 4.69) is 10.6 Å². The van der Waals surface area contributed by atoms with Crippen LogP contribution in [0.25, 0.3) is 0 Å². The minimum Gasteiger partial charge on any atom is -0.326 e. The fourth-order valence-corrected chi connectivity index (χ4v) is 2.33. The molecule has 0 spiro atoms. The number of nitro groups is 1. The van der Waals surface area contributed by atoms with E-state index >= 15 is 0 Å². The van der Waals surface area contributed by atoms with Gasteiger partial charge in [-0.1, -0.05) is 12.1 Å². The van der Waals surface area contributed by atoms with Gasteiger partial charge in [-0.3, -0.25) is 19.7 Å². The molecule has 0 saturated heterocycles. The van der Waals surface area contributed by atoms with Crippen molar-refractivity contribution in [3.8, 4) is 0 Å². The SMILES string of the molecule is O=C1Cc2cc(NC(=O)c3ccccc3[N+](=O)[O-])ccc2N1. The first-order chi connectivity index (χ1) is 10.5. The van der Waals surface area contributed by atoms with E-state index < -0.39 is 10.8 Å². The fraction of sp³-hybridized carbons (Fsp3) is 0.0667. The maximum absolute atomic E-state index is 12.2. The van der Waals surface area contributed by atoms with Crippen molar-refractivity contribution in [2.75, 3.05) is 10.6 Å². The van der Waals surface area contributed by atoms with E-state index in [4.69, 9.17) is 0 Å². The summed E-state index contributed by atoms with van der Waals surface area (Å²) in [6.45, 7) is 0. The van der Waals surface area contributed by atoms with E-state index in [1.807, 2.05) is 0 Å². The molecule has 2 aromatic rings. The Morgan fingerprint density at radius 1 is 1.23 bits per heavy atom. The number of amides is 2. The summed E-state index contributed by atoms with van der Waals surface area (Å²) in [6.07, 6.45) is 0.254. The van der Waals surface area contributed by atoms with Crippen molar-refractivity contribution in [1.82, 2.24) is 0 Å². The lowest BCUT2D eigenvalue weighted by molar-refractivity contribution is -0.385. The van der Waals surface area contributed by atoms with Crippen LogP contribution in [-0.4, -0.2) is 16.7 Å². The van der Waals surface area contributed by atoms with Crippen LogP contribution in [0.15, 0.2) is 42.5 Å². The smallest absolute Gasteiger partial charge is 0.282 e. The number of nitro benzene ring substituents is 1. The van der Waals surface area contributed by atoms with Gasteiger partial charge in [0.25, 0.3) is 11.6 Å². The van der Waals surface area contributed by atoms with Gasteiger partial charge < -0.3 is 10.6 Å². The zero-order valence-corrected chi connectivity index (χ0v) is 11.3. The highest BCUT2D eigenvalue weighted by molar-refractivity contribution is 6.07. The van der Waals surface area contributed by atoms with Gasteiger partial charge in [-0.25, -0.2) is 0 Å². The summed E-state index contributed by atoms with van der Waals surface area (Å²) in [6, 6.07) is 10.7. The summed E-state index contributed by atoms with van der Waals surface area (Å²) in [5, 5.41) is 16.3. The summed E-state index contributed by atoms with van der Waals surface area (Å²) < 4.78 is 0. The third kappa shape index (κ3) is 2.51. The van der Waals surface area contributed by atoms with Crippen molar-refractivity contribution in [3.63, 3.8) is 0 Å². The average Bonchev–Trinajstić information content (AvgIpc) is 2.86. The molecule has 110 valence electrons. The van der Waals surface area contributed by atoms with Crippen LogP contribution >= 0.6 is 0 Å². The number of para-hydroxylation sites is 1. The Balaban J connectivity index is 1.85. The fourth-order valence-electron chi connectivity index (χ4n) is 2.33. The molecule has 2 aromatic carbocycles. The van der Waals surface area contributed by atoms with Crippen molar-refractivity contribution < 1.29 is 14.5 Å². The Labute approximate surface area is 125 Å². The highest BCUT2D eigenvalue weighted by atomic mass is 16.6. The quantitative estimate of drug-likeness (QED) is 0.670. The number of rotatable bonds is 3. The standard InChI is InChI=1S/C15H11N3O4/c19-14-8-9-7-10(5-6-12(9)17-14)16-15(20)11-3-1-2-4-13(11)18(21)22/h1-7H,8H2,(H,16,20)(H,17,19). The molecule has 1 aliphatic rings. The number of anilines is 2. The number of nitrogens with one attached hydrogen (secondary N) is 2. The molecular formula is C15H11N3O4. The molecule has 0 atom stereocenters. The highest BCUT2D eigenvalue weighted by Gasteiger charge is 2.21. The lowest BCUT2D eigenvalue weighted by atomic mass is 10.1. The predicted molar refractivity (Wildman–Crippen MR) is 79.8 cm³/mol. The second-order valence-corrected chi connectivity index (χ2v) is 4.83. The van der Waals surface area contributed by atoms with E-state index in [0.717, 1.165) is 5.56 Å². The summed E-state index contributed by atoms with van der Waals surface area (Å²) in [5.41, 5.74) is 1.72. The molecule has 1 heterocycles. The van der Waals surface area contributed by atoms with Crippen LogP contribution in [0.2, 0.25) is 0 Å². The Morgan fingerprint density at radius 2 is 2.00 bits per heavy atom. The second kappa shape index (κ2) is 5.28. The molecule has 7 nitrogen and oxygen atoms in total. The second-order valence-electron chi connectivity index (χ2n) is 4.83. The van der Waals surface area contributed by atoms with Crippen molar-refractivity contribution >= 4 is 28.9 Å². The van der Waals surface area contributed by atoms with Gasteiger partial charge in [0, 0.05) is 17.4 Å². The summed E-state index contributed by atoms with van der Waals surface area (Å²) >= 11 is 0. The Kier molecular flexibility index (Phi) is 3.30. The summed E-state index contributed by atoms with van der Waals surface area (Å²) in [7, 11) is 0. The van der Waals surface area contributed by atoms with E-state index in [1.165, 1.54) is 18.2 Å². The van der Waals surface area contributed by atoms with Crippen molar-refractivity contribution in [1.29, 1.82) is 0 Å². The van der Waals surface area contributed by atoms with Gasteiger partial charge in [-0.15, -0.1) is 0 Å². The number of benzene rings is 2. The van der Waals surface area contributed by atoms with Crippen LogP contribution in [0.1, 0.15) is 15.9 Å². The normalized spacial score (nSPS) is 12.5. The minimum atomic E-state index is -0.597. The van der Waals surface area contributed by atoms with Crippen LogP contribution in [0.4, 0.5) is 17.1 Å². The van der Waals surface area contributed by atoms with Crippen LogP contribution in [-0.2, 0) is 11.2 Å². The lowest BCUT2D eigenvalue weighted by Gasteiger charge is -2.07. The highest BCUT2D eigenvalue weighted by Crippen LogP contribution is 2.27. The molecule has 3 rings (SSSR count). The zero-order valence-electron chi connectivity index (χ0n) is 11.3. The average molecular weight is 297 g/mol. The lowest BCUT2D eigenvalue weighted by Crippen LogP contribution is -2.13. The van der Waals surface area contributed by atoms with E-state index in [1.54, 1.807) is 24.3 Å². The Morgan fingerprint density at radius 3 is 2.77 bits per heavy atom. The van der Waals surface area contributed by atoms with Gasteiger partial charge in [0.1, 0.15) is 5.56 Å². The maximum atomic E-state index is 12.2. The number of carbonyl (C=O) groups is 2. The molecule has 0 fully saturated rings. The number of hydrogen-bond acceptors (Lipinski definition) is 4. The summed E-state index contributed by atoms with van der Waals surface area (Å²) in [5.74, 6) is -0.665. The van der Waals surface area contributed by atoms with Gasteiger partial charge in [0.15, 0.2) is 0 Å². The molecule has 0 aliphatic carbocycles. The molecule has 7 heteroatoms. The molecule has 0 unspecified atom stereocenters. The van der Waals surface area contributed by atoms with Crippen LogP contribution in [0, 0.1) is 10.1 Å². The van der Waals surface area contributed by atoms with Crippen molar-refractivity contribution in [2.45, 2.75) is 6.42 Å². The predicted octanol–water partition coefficient (Wildman–Crippen LogP) is 2.34. The van der Waals surface area contributed by atoms with E-state index in [0.29, 0.717) is 11.4 Å². The molecule has 0 aromatic heterocycles. The van der Waals surface area contributed by atoms with Crippen LogP contribution in [0.3, 0.4) is 0 Å². The summed E-state index contributed by atoms with van der Waals surface area (Å²) in [4.78, 5) is 33.9. The molecule has 1 aliphatic heterocycles. The number of fused-ring (bicyclic) bond motifs is 1. The largest absolute Gasteiger partial charge is 0.326 e. The van der Waals surface area contributed by atoms with Crippen molar-refractivity contribution in [3.05, 3.63) is 63.7 Å². The van der Waals surface area contributed by atoms with E-state index in [-0.39, 0.29) is 23.6 Å². The molecule has 0 bridgehead atoms. The Bertz CT molecular complexity index is 801. The van der Waals surface area contributed by atoms with Crippen LogP contribution in [0.5, 0.6) is 0 Å². The number of hydrogen-bond donors (Lipinski definition) is 2. The first-order valence-corrected chi connectivity index (χ1v) is 6.52. The van der Waals surface area contributed by atoms with E-state index in [9.17, 15) is 19.7 Å². The molecule has 22 heavy (non-hydrogen) atoms. The minimum absolute atomic E-state index is 0.0119. The van der Waals surface area contributed by atoms with Gasteiger partial charge in [-0.2, -0.15) is 0 Å².